The van der Waals surface area contributed by atoms with Crippen LogP contribution in [0.25, 0.3) is 0 Å². The Kier molecular flexibility index (Phi) is 8.14. The van der Waals surface area contributed by atoms with Crippen LogP contribution < -0.4 is 9.80 Å². The van der Waals surface area contributed by atoms with E-state index in [0.717, 1.165) is 42.5 Å². The quantitative estimate of drug-likeness (QED) is 0.104. The molecule has 45 heavy (non-hydrogen) atoms. The molecule has 6 nitrogen and oxygen atoms in total. The van der Waals surface area contributed by atoms with E-state index in [2.05, 4.69) is 12.1 Å². The molecule has 0 spiro atoms. The second-order valence-corrected chi connectivity index (χ2v) is 16.2. The summed E-state index contributed by atoms with van der Waals surface area (Å²) in [4.78, 5) is 23.9. The SMILES string of the molecule is Cc1ccc(N2C(=O)[C@](Cl)(c3ccccc3)[C@@]2(C#N)SSS[C@@]2(C#N)N(c3ccc(C)cc3)C(=O)[C@]2(Cl)c2ccccc2)cc1. The fourth-order valence-corrected chi connectivity index (χ4v) is 12.5. The third-order valence-corrected chi connectivity index (χ3v) is 14.5. The van der Waals surface area contributed by atoms with Crippen molar-refractivity contribution in [2.24, 2.45) is 0 Å². The molecule has 2 amide bonds. The first kappa shape index (κ1) is 31.4. The van der Waals surface area contributed by atoms with Gasteiger partial charge < -0.3 is 0 Å². The maximum absolute atomic E-state index is 13.9. The van der Waals surface area contributed by atoms with Crippen molar-refractivity contribution in [3.63, 3.8) is 0 Å². The number of halogens is 2. The van der Waals surface area contributed by atoms with Crippen LogP contribution in [-0.2, 0) is 19.3 Å². The summed E-state index contributed by atoms with van der Waals surface area (Å²) in [6.07, 6.45) is 0. The van der Waals surface area contributed by atoms with E-state index in [1.807, 2.05) is 50.2 Å². The number of benzene rings is 4. The largest absolute Gasteiger partial charge is 0.279 e. The summed E-state index contributed by atoms with van der Waals surface area (Å²) < 4.78 is 0. The van der Waals surface area contributed by atoms with Crippen molar-refractivity contribution < 1.29 is 9.59 Å². The van der Waals surface area contributed by atoms with Crippen molar-refractivity contribution in [3.05, 3.63) is 131 Å². The highest BCUT2D eigenvalue weighted by molar-refractivity contribution is 9.10. The topological polar surface area (TPSA) is 88.2 Å². The molecular formula is C34H24Cl2N4O2S3. The van der Waals surface area contributed by atoms with Gasteiger partial charge in [0.15, 0.2) is 9.75 Å². The van der Waals surface area contributed by atoms with Gasteiger partial charge in [0.05, 0.1) is 0 Å². The number of anilines is 2. The van der Waals surface area contributed by atoms with Gasteiger partial charge in [0.25, 0.3) is 11.8 Å². The van der Waals surface area contributed by atoms with E-state index in [0.29, 0.717) is 22.5 Å². The van der Waals surface area contributed by atoms with Crippen molar-refractivity contribution in [2.75, 3.05) is 9.80 Å². The lowest BCUT2D eigenvalue weighted by Crippen LogP contribution is -2.77. The Morgan fingerprint density at radius 1 is 0.578 bits per heavy atom. The number of hydrogen-bond acceptors (Lipinski definition) is 7. The number of β-lactam (4-membered cyclic amide) rings is 2. The Morgan fingerprint density at radius 2 is 0.911 bits per heavy atom. The molecule has 4 aromatic rings. The van der Waals surface area contributed by atoms with E-state index in [4.69, 9.17) is 23.2 Å². The van der Waals surface area contributed by atoms with Crippen LogP contribution in [-0.4, -0.2) is 21.6 Å². The van der Waals surface area contributed by atoms with Gasteiger partial charge in [0.1, 0.15) is 12.1 Å². The molecule has 2 fully saturated rings. The van der Waals surface area contributed by atoms with Crippen molar-refractivity contribution in [1.82, 2.24) is 0 Å². The lowest BCUT2D eigenvalue weighted by Gasteiger charge is -2.58. The maximum Gasteiger partial charge on any atom is 0.259 e. The van der Waals surface area contributed by atoms with Crippen LogP contribution in [0.4, 0.5) is 11.4 Å². The summed E-state index contributed by atoms with van der Waals surface area (Å²) in [5.41, 5.74) is 3.98. The van der Waals surface area contributed by atoms with Crippen LogP contribution >= 0.6 is 54.6 Å². The molecule has 0 aromatic heterocycles. The van der Waals surface area contributed by atoms with E-state index in [9.17, 15) is 20.1 Å². The monoisotopic (exact) mass is 686 g/mol. The molecule has 224 valence electrons. The number of carbonyl (C=O) groups excluding carboxylic acids is 2. The van der Waals surface area contributed by atoms with Gasteiger partial charge in [0, 0.05) is 11.4 Å². The highest BCUT2D eigenvalue weighted by atomic mass is 35.5. The zero-order chi connectivity index (χ0) is 32.0. The molecular weight excluding hydrogens is 664 g/mol. The summed E-state index contributed by atoms with van der Waals surface area (Å²) in [6.45, 7) is 3.87. The third-order valence-electron chi connectivity index (χ3n) is 8.10. The number of nitrogens with zero attached hydrogens (tertiary/aromatic N) is 4. The molecule has 0 unspecified atom stereocenters. The predicted molar refractivity (Wildman–Crippen MR) is 185 cm³/mol. The molecule has 2 aliphatic rings. The Balaban J connectivity index is 1.42. The first-order chi connectivity index (χ1) is 21.6. The van der Waals surface area contributed by atoms with Gasteiger partial charge in [-0.1, -0.05) is 119 Å². The van der Waals surface area contributed by atoms with Gasteiger partial charge in [-0.25, -0.2) is 0 Å². The Labute approximate surface area is 283 Å². The molecule has 0 N–H and O–H groups in total. The van der Waals surface area contributed by atoms with Crippen molar-refractivity contribution >= 4 is 77.8 Å². The minimum Gasteiger partial charge on any atom is -0.279 e. The first-order valence-corrected chi connectivity index (χ1v) is 18.0. The van der Waals surface area contributed by atoms with E-state index in [1.54, 1.807) is 72.8 Å². The van der Waals surface area contributed by atoms with Crippen LogP contribution in [0.15, 0.2) is 109 Å². The highest BCUT2D eigenvalue weighted by Gasteiger charge is 2.76. The maximum atomic E-state index is 13.9. The lowest BCUT2D eigenvalue weighted by atomic mass is 9.79. The molecule has 6 rings (SSSR count). The second-order valence-electron chi connectivity index (χ2n) is 10.7. The minimum absolute atomic E-state index is 0.440. The van der Waals surface area contributed by atoms with E-state index in [-0.39, 0.29) is 0 Å². The smallest absolute Gasteiger partial charge is 0.259 e. The number of alkyl halides is 2. The van der Waals surface area contributed by atoms with Crippen LogP contribution in [0.1, 0.15) is 22.3 Å². The Morgan fingerprint density at radius 3 is 1.22 bits per heavy atom. The molecule has 4 atom stereocenters. The molecule has 4 aromatic carbocycles. The molecule has 2 saturated heterocycles. The average Bonchev–Trinajstić information content (AvgIpc) is 3.08. The fraction of sp³-hybridized carbons (Fsp3) is 0.176. The van der Waals surface area contributed by atoms with E-state index in [1.165, 1.54) is 9.80 Å². The highest BCUT2D eigenvalue weighted by Crippen LogP contribution is 2.69. The zero-order valence-corrected chi connectivity index (χ0v) is 27.9. The van der Waals surface area contributed by atoms with Crippen LogP contribution in [0, 0.1) is 36.5 Å². The van der Waals surface area contributed by atoms with Gasteiger partial charge in [-0.3, -0.25) is 19.4 Å². The fourth-order valence-electron chi connectivity index (χ4n) is 5.64. The normalized spacial score (nSPS) is 27.2. The van der Waals surface area contributed by atoms with Crippen molar-refractivity contribution in [1.29, 1.82) is 10.5 Å². The van der Waals surface area contributed by atoms with Gasteiger partial charge in [-0.05, 0) is 80.7 Å². The summed E-state index contributed by atoms with van der Waals surface area (Å²) in [7, 11) is 3.21. The first-order valence-electron chi connectivity index (χ1n) is 13.8. The number of aryl methyl sites for hydroxylation is 2. The van der Waals surface area contributed by atoms with Crippen molar-refractivity contribution in [3.8, 4) is 12.1 Å². The molecule has 2 heterocycles. The summed E-state index contributed by atoms with van der Waals surface area (Å²) in [5, 5.41) is 21.7. The van der Waals surface area contributed by atoms with Gasteiger partial charge in [-0.15, -0.1) is 0 Å². The third kappa shape index (κ3) is 4.40. The Bertz CT molecular complexity index is 1730. The molecule has 0 saturated carbocycles. The summed E-state index contributed by atoms with van der Waals surface area (Å²) in [6, 6.07) is 36.8. The Hall–Kier alpha value is -3.57. The van der Waals surface area contributed by atoms with Crippen LogP contribution in [0.2, 0.25) is 0 Å². The lowest BCUT2D eigenvalue weighted by molar-refractivity contribution is -0.129. The minimum atomic E-state index is -1.73. The molecule has 2 aliphatic heterocycles. The van der Waals surface area contributed by atoms with Gasteiger partial charge in [-0.2, -0.15) is 10.5 Å². The molecule has 0 bridgehead atoms. The van der Waals surface area contributed by atoms with Crippen LogP contribution in [0.3, 0.4) is 0 Å². The number of carbonyl (C=O) groups is 2. The number of amides is 2. The van der Waals surface area contributed by atoms with E-state index >= 15 is 0 Å². The predicted octanol–water partition coefficient (Wildman–Crippen LogP) is 8.43. The summed E-state index contributed by atoms with van der Waals surface area (Å²) >= 11 is 14.4. The van der Waals surface area contributed by atoms with Gasteiger partial charge in [0.2, 0.25) is 9.74 Å². The molecule has 0 radical (unpaired) electrons. The molecule has 11 heteroatoms. The van der Waals surface area contributed by atoms with Crippen molar-refractivity contribution in [2.45, 2.75) is 33.3 Å². The summed E-state index contributed by atoms with van der Waals surface area (Å²) in [5.74, 6) is -0.880. The van der Waals surface area contributed by atoms with Gasteiger partial charge >= 0.3 is 0 Å². The zero-order valence-electron chi connectivity index (χ0n) is 24.0. The second kappa shape index (κ2) is 11.7. The van der Waals surface area contributed by atoms with E-state index < -0.39 is 31.3 Å². The number of nitriles is 2. The van der Waals surface area contributed by atoms with Crippen LogP contribution in [0.5, 0.6) is 0 Å². The number of rotatable bonds is 8. The standard InChI is InChI=1S/C34H24Cl2N4O2S3/c1-23-13-17-27(18-14-23)39-29(41)33(35,25-9-5-3-6-10-25)31(39,21-37)43-45-44-32(22-38)34(36,26-11-7-4-8-12-26)30(42)40(32)28-19-15-24(2)16-20-28/h3-20H,1-2H3/t31-,32-,33-,34-/m1/s1. The number of hydrogen-bond donors (Lipinski definition) is 0. The molecule has 0 aliphatic carbocycles. The average molecular weight is 688 g/mol.